The zero-order valence-electron chi connectivity index (χ0n) is 16.6. The average molecular weight is 441 g/mol. The molecule has 0 aliphatic carbocycles. The van der Waals surface area contributed by atoms with Gasteiger partial charge >= 0.3 is 0 Å². The average Bonchev–Trinajstić information content (AvgIpc) is 3.10. The van der Waals surface area contributed by atoms with Gasteiger partial charge in [0.1, 0.15) is 23.9 Å². The van der Waals surface area contributed by atoms with Gasteiger partial charge in [-0.1, -0.05) is 54.4 Å². The number of fused-ring (bicyclic) bond motifs is 1. The number of benzene rings is 3. The molecule has 0 N–H and O–H groups in total. The van der Waals surface area contributed by atoms with Crippen LogP contribution in [0.15, 0.2) is 66.7 Å². The van der Waals surface area contributed by atoms with Gasteiger partial charge in [0.2, 0.25) is 0 Å². The van der Waals surface area contributed by atoms with Crippen LogP contribution in [0.25, 0.3) is 11.0 Å². The third-order valence-electron chi connectivity index (χ3n) is 4.72. The molecule has 0 amide bonds. The second-order valence-corrected chi connectivity index (χ2v) is 7.80. The van der Waals surface area contributed by atoms with E-state index in [1.807, 2.05) is 30.3 Å². The maximum Gasteiger partial charge on any atom is 0.148 e. The first-order valence-corrected chi connectivity index (χ1v) is 10.6. The van der Waals surface area contributed by atoms with E-state index in [1.54, 1.807) is 18.2 Å². The number of nitrogens with zero attached hydrogens (tertiary/aromatic N) is 2. The van der Waals surface area contributed by atoms with E-state index in [2.05, 4.69) is 29.7 Å². The molecule has 4 rings (SSSR count). The number of ether oxygens (including phenoxy) is 2. The molecule has 0 spiro atoms. The van der Waals surface area contributed by atoms with Crippen molar-refractivity contribution in [3.8, 4) is 11.5 Å². The van der Waals surface area contributed by atoms with E-state index in [0.717, 1.165) is 41.2 Å². The zero-order valence-corrected chi connectivity index (χ0v) is 18.2. The summed E-state index contributed by atoms with van der Waals surface area (Å²) in [6.45, 7) is 3.80. The lowest BCUT2D eigenvalue weighted by Gasteiger charge is -2.12. The van der Waals surface area contributed by atoms with Crippen LogP contribution in [0.5, 0.6) is 11.5 Å². The highest BCUT2D eigenvalue weighted by atomic mass is 35.5. The summed E-state index contributed by atoms with van der Waals surface area (Å²) < 4.78 is 13.8. The van der Waals surface area contributed by atoms with Crippen LogP contribution in [0.1, 0.15) is 24.7 Å². The third-order valence-corrected chi connectivity index (χ3v) is 5.25. The Balaban J connectivity index is 1.58. The monoisotopic (exact) mass is 440 g/mol. The molecule has 0 fully saturated rings. The molecule has 0 aliphatic rings. The lowest BCUT2D eigenvalue weighted by Crippen LogP contribution is -2.08. The molecule has 0 radical (unpaired) electrons. The summed E-state index contributed by atoms with van der Waals surface area (Å²) in [4.78, 5) is 4.77. The fourth-order valence-electron chi connectivity index (χ4n) is 3.24. The van der Waals surface area contributed by atoms with Crippen molar-refractivity contribution in [1.29, 1.82) is 0 Å². The molecule has 4 aromatic rings. The number of halogens is 2. The molecule has 0 unspecified atom stereocenters. The zero-order chi connectivity index (χ0) is 20.9. The fourth-order valence-corrected chi connectivity index (χ4v) is 3.70. The molecule has 3 aromatic carbocycles. The van der Waals surface area contributed by atoms with Crippen LogP contribution in [-0.2, 0) is 13.2 Å². The van der Waals surface area contributed by atoms with Crippen molar-refractivity contribution in [2.75, 3.05) is 6.61 Å². The van der Waals surface area contributed by atoms with Crippen molar-refractivity contribution in [3.05, 3.63) is 88.2 Å². The quantitative estimate of drug-likeness (QED) is 0.303. The van der Waals surface area contributed by atoms with E-state index < -0.39 is 0 Å². The number of aromatic nitrogens is 2. The van der Waals surface area contributed by atoms with Crippen molar-refractivity contribution in [1.82, 2.24) is 9.55 Å². The van der Waals surface area contributed by atoms with Gasteiger partial charge < -0.3 is 14.0 Å². The number of hydrogen-bond acceptors (Lipinski definition) is 3. The largest absolute Gasteiger partial charge is 0.494 e. The highest BCUT2D eigenvalue weighted by Gasteiger charge is 2.13. The summed E-state index contributed by atoms with van der Waals surface area (Å²) in [6, 6.07) is 21.5. The Morgan fingerprint density at radius 2 is 1.73 bits per heavy atom. The molecular formula is C24H22Cl2N2O2. The minimum absolute atomic E-state index is 0.299. The van der Waals surface area contributed by atoms with Crippen molar-refractivity contribution in [2.45, 2.75) is 26.5 Å². The smallest absolute Gasteiger partial charge is 0.148 e. The minimum atomic E-state index is 0.299. The van der Waals surface area contributed by atoms with Gasteiger partial charge in [-0.15, -0.1) is 0 Å². The number of imidazole rings is 1. The van der Waals surface area contributed by atoms with Gasteiger partial charge in [-0.25, -0.2) is 4.98 Å². The lowest BCUT2D eigenvalue weighted by molar-refractivity contribution is 0.291. The second-order valence-electron chi connectivity index (χ2n) is 6.96. The van der Waals surface area contributed by atoms with Crippen LogP contribution in [0.4, 0.5) is 0 Å². The van der Waals surface area contributed by atoms with Crippen LogP contribution in [0, 0.1) is 0 Å². The Morgan fingerprint density at radius 3 is 2.50 bits per heavy atom. The number of rotatable bonds is 8. The number of para-hydroxylation sites is 2. The highest BCUT2D eigenvalue weighted by molar-refractivity contribution is 6.35. The molecule has 0 saturated carbocycles. The maximum absolute atomic E-state index is 6.25. The van der Waals surface area contributed by atoms with Crippen molar-refractivity contribution in [2.24, 2.45) is 0 Å². The molecule has 0 aliphatic heterocycles. The predicted molar refractivity (Wildman–Crippen MR) is 122 cm³/mol. The first kappa shape index (κ1) is 20.6. The fraction of sp³-hybridized carbons (Fsp3) is 0.208. The summed E-state index contributed by atoms with van der Waals surface area (Å²) in [5.41, 5.74) is 3.15. The Bertz CT molecular complexity index is 1140. The molecule has 1 aromatic heterocycles. The Morgan fingerprint density at radius 1 is 0.933 bits per heavy atom. The van der Waals surface area contributed by atoms with Crippen LogP contribution >= 0.6 is 23.2 Å². The normalized spacial score (nSPS) is 11.0. The van der Waals surface area contributed by atoms with Crippen molar-refractivity contribution >= 4 is 34.2 Å². The van der Waals surface area contributed by atoms with Gasteiger partial charge in [-0.2, -0.15) is 0 Å². The SMILES string of the molecule is CCCOc1ccc(Cn2c(COc3ccc(Cl)cc3Cl)nc3ccccc32)cc1. The van der Waals surface area contributed by atoms with Crippen molar-refractivity contribution < 1.29 is 9.47 Å². The van der Waals surface area contributed by atoms with E-state index in [9.17, 15) is 0 Å². The van der Waals surface area contributed by atoms with Crippen LogP contribution < -0.4 is 9.47 Å². The van der Waals surface area contributed by atoms with Crippen LogP contribution in [0.2, 0.25) is 10.0 Å². The molecule has 0 bridgehead atoms. The minimum Gasteiger partial charge on any atom is -0.494 e. The van der Waals surface area contributed by atoms with Crippen LogP contribution in [-0.4, -0.2) is 16.2 Å². The molecule has 30 heavy (non-hydrogen) atoms. The molecule has 0 saturated heterocycles. The Hall–Kier alpha value is -2.69. The van der Waals surface area contributed by atoms with Crippen LogP contribution in [0.3, 0.4) is 0 Å². The van der Waals surface area contributed by atoms with E-state index >= 15 is 0 Å². The van der Waals surface area contributed by atoms with Gasteiger partial charge in [0.25, 0.3) is 0 Å². The topological polar surface area (TPSA) is 36.3 Å². The molecular weight excluding hydrogens is 419 g/mol. The first-order chi connectivity index (χ1) is 14.6. The van der Waals surface area contributed by atoms with E-state index in [-0.39, 0.29) is 0 Å². The highest BCUT2D eigenvalue weighted by Crippen LogP contribution is 2.28. The van der Waals surface area contributed by atoms with Gasteiger partial charge in [-0.05, 0) is 54.4 Å². The molecule has 6 heteroatoms. The summed E-state index contributed by atoms with van der Waals surface area (Å²) >= 11 is 12.2. The third kappa shape index (κ3) is 4.72. The summed E-state index contributed by atoms with van der Waals surface area (Å²) in [5.74, 6) is 2.29. The van der Waals surface area contributed by atoms with Crippen molar-refractivity contribution in [3.63, 3.8) is 0 Å². The van der Waals surface area contributed by atoms with Gasteiger partial charge in [0.15, 0.2) is 0 Å². The number of hydrogen-bond donors (Lipinski definition) is 0. The van der Waals surface area contributed by atoms with E-state index in [4.69, 9.17) is 37.7 Å². The maximum atomic E-state index is 6.25. The standard InChI is InChI=1S/C24H22Cl2N2O2/c1-2-13-29-19-10-7-17(8-11-19)15-28-22-6-4-3-5-21(22)27-24(28)16-30-23-12-9-18(25)14-20(23)26/h3-12,14H,2,13,15-16H2,1H3. The predicted octanol–water partition coefficient (Wildman–Crippen LogP) is 6.76. The molecule has 154 valence electrons. The first-order valence-electron chi connectivity index (χ1n) is 9.88. The second kappa shape index (κ2) is 9.41. The van der Waals surface area contributed by atoms with Gasteiger partial charge in [-0.3, -0.25) is 0 Å². The molecule has 0 atom stereocenters. The van der Waals surface area contributed by atoms with E-state index in [1.165, 1.54) is 0 Å². The van der Waals surface area contributed by atoms with E-state index in [0.29, 0.717) is 28.9 Å². The Labute approximate surface area is 186 Å². The molecule has 1 heterocycles. The lowest BCUT2D eigenvalue weighted by atomic mass is 10.2. The summed E-state index contributed by atoms with van der Waals surface area (Å²) in [7, 11) is 0. The van der Waals surface area contributed by atoms with Gasteiger partial charge in [0, 0.05) is 11.6 Å². The van der Waals surface area contributed by atoms with Gasteiger partial charge in [0.05, 0.1) is 22.7 Å². The Kier molecular flexibility index (Phi) is 6.46. The molecule has 4 nitrogen and oxygen atoms in total. The summed E-state index contributed by atoms with van der Waals surface area (Å²) in [6.07, 6.45) is 0.990. The summed E-state index contributed by atoms with van der Waals surface area (Å²) in [5, 5.41) is 1.05.